The second-order valence-corrected chi connectivity index (χ2v) is 8.89. The van der Waals surface area contributed by atoms with E-state index >= 15 is 0 Å². The molecule has 1 fully saturated rings. The van der Waals surface area contributed by atoms with Gasteiger partial charge in [0.15, 0.2) is 0 Å². The second-order valence-electron chi connectivity index (χ2n) is 7.89. The Labute approximate surface area is 205 Å². The van der Waals surface area contributed by atoms with Gasteiger partial charge in [-0.05, 0) is 43.2 Å². The highest BCUT2D eigenvalue weighted by Gasteiger charge is 2.25. The van der Waals surface area contributed by atoms with Crippen LogP contribution in [0.3, 0.4) is 0 Å². The number of ether oxygens (including phenoxy) is 2. The van der Waals surface area contributed by atoms with Crippen LogP contribution in [-0.2, 0) is 14.3 Å². The summed E-state index contributed by atoms with van der Waals surface area (Å²) in [5.41, 5.74) is 1.61. The van der Waals surface area contributed by atoms with Crippen LogP contribution in [0.2, 0.25) is 0 Å². The maximum atomic E-state index is 12.8. The largest absolute Gasteiger partial charge is 0.465 e. The van der Waals surface area contributed by atoms with E-state index in [2.05, 4.69) is 15.6 Å². The van der Waals surface area contributed by atoms with Crippen LogP contribution >= 0.6 is 11.8 Å². The summed E-state index contributed by atoms with van der Waals surface area (Å²) in [5, 5.41) is 6.94. The van der Waals surface area contributed by atoms with Gasteiger partial charge in [0.2, 0.25) is 5.91 Å². The van der Waals surface area contributed by atoms with Crippen molar-refractivity contribution in [3.05, 3.63) is 65.2 Å². The highest BCUT2D eigenvalue weighted by Crippen LogP contribution is 2.26. The van der Waals surface area contributed by atoms with Crippen LogP contribution in [0, 0.1) is 0 Å². The predicted molar refractivity (Wildman–Crippen MR) is 131 cm³/mol. The first kappa shape index (κ1) is 24.2. The zero-order valence-corrected chi connectivity index (χ0v) is 19.9. The van der Waals surface area contributed by atoms with Crippen molar-refractivity contribution in [2.24, 2.45) is 0 Å². The first-order valence-electron chi connectivity index (χ1n) is 10.8. The number of anilines is 1. The van der Waals surface area contributed by atoms with Crippen molar-refractivity contribution in [1.29, 1.82) is 0 Å². The molecule has 1 aliphatic rings. The van der Waals surface area contributed by atoms with E-state index in [0.29, 0.717) is 16.1 Å². The number of nitrogens with one attached hydrogen (secondary N) is 2. The average molecular weight is 494 g/mol. The minimum absolute atomic E-state index is 0.00890. The van der Waals surface area contributed by atoms with Gasteiger partial charge in [0.1, 0.15) is 0 Å². The molecule has 1 saturated carbocycles. The van der Waals surface area contributed by atoms with E-state index < -0.39 is 11.9 Å². The fraction of sp³-hybridized carbons (Fsp3) is 0.240. The van der Waals surface area contributed by atoms with Gasteiger partial charge >= 0.3 is 11.9 Å². The van der Waals surface area contributed by atoms with Crippen LogP contribution < -0.4 is 10.6 Å². The Morgan fingerprint density at radius 1 is 0.971 bits per heavy atom. The Morgan fingerprint density at radius 3 is 2.26 bits per heavy atom. The number of carbonyl (C=O) groups excluding carboxylic acids is 4. The van der Waals surface area contributed by atoms with E-state index in [1.54, 1.807) is 6.07 Å². The Kier molecular flexibility index (Phi) is 7.31. The molecule has 0 atom stereocenters. The number of rotatable bonds is 8. The van der Waals surface area contributed by atoms with E-state index in [-0.39, 0.29) is 40.4 Å². The van der Waals surface area contributed by atoms with Crippen LogP contribution in [0.4, 0.5) is 5.69 Å². The summed E-state index contributed by atoms with van der Waals surface area (Å²) in [5.74, 6) is -1.86. The maximum absolute atomic E-state index is 12.8. The average Bonchev–Trinajstić information content (AvgIpc) is 3.69. The summed E-state index contributed by atoms with van der Waals surface area (Å²) in [7, 11) is 2.44. The number of methoxy groups -OCH3 is 2. The first-order chi connectivity index (χ1) is 16.9. The number of hydrogen-bond acceptors (Lipinski definition) is 8. The fourth-order valence-electron chi connectivity index (χ4n) is 3.41. The summed E-state index contributed by atoms with van der Waals surface area (Å²) in [4.78, 5) is 53.9. The lowest BCUT2D eigenvalue weighted by Crippen LogP contribution is -2.25. The Hall–Kier alpha value is -3.92. The quantitative estimate of drug-likeness (QED) is 0.361. The van der Waals surface area contributed by atoms with Gasteiger partial charge in [0.05, 0.1) is 47.2 Å². The van der Waals surface area contributed by atoms with Crippen LogP contribution in [0.5, 0.6) is 0 Å². The number of aromatic nitrogens is 1. The molecule has 0 saturated heterocycles. The number of para-hydroxylation sites is 1. The number of thioether (sulfide) groups is 1. The Balaban J connectivity index is 1.50. The number of nitrogens with zero attached hydrogens (tertiary/aromatic N) is 1. The van der Waals surface area contributed by atoms with Gasteiger partial charge < -0.3 is 20.1 Å². The molecule has 1 aromatic heterocycles. The van der Waals surface area contributed by atoms with Gasteiger partial charge in [0.25, 0.3) is 5.91 Å². The van der Waals surface area contributed by atoms with Crippen molar-refractivity contribution in [2.75, 3.05) is 25.3 Å². The van der Waals surface area contributed by atoms with Gasteiger partial charge in [-0.2, -0.15) is 0 Å². The molecule has 0 spiro atoms. The zero-order valence-electron chi connectivity index (χ0n) is 19.1. The molecule has 0 radical (unpaired) electrons. The van der Waals surface area contributed by atoms with Gasteiger partial charge in [-0.15, -0.1) is 0 Å². The van der Waals surface area contributed by atoms with Crippen LogP contribution in [0.15, 0.2) is 53.6 Å². The molecule has 0 unspecified atom stereocenters. The summed E-state index contributed by atoms with van der Waals surface area (Å²) in [6, 6.07) is 13.4. The lowest BCUT2D eigenvalue weighted by molar-refractivity contribution is -0.113. The molecule has 9 nitrogen and oxygen atoms in total. The highest BCUT2D eigenvalue weighted by atomic mass is 32.2. The first-order valence-corrected chi connectivity index (χ1v) is 11.8. The molecular formula is C25H23N3O6S. The molecule has 3 aromatic rings. The summed E-state index contributed by atoms with van der Waals surface area (Å²) < 4.78 is 9.43. The smallest absolute Gasteiger partial charge is 0.337 e. The summed E-state index contributed by atoms with van der Waals surface area (Å²) >= 11 is 1.17. The van der Waals surface area contributed by atoms with Crippen molar-refractivity contribution in [2.45, 2.75) is 23.9 Å². The summed E-state index contributed by atoms with van der Waals surface area (Å²) in [6.45, 7) is 0. The molecular weight excluding hydrogens is 470 g/mol. The van der Waals surface area contributed by atoms with E-state index in [9.17, 15) is 19.2 Å². The Morgan fingerprint density at radius 2 is 1.63 bits per heavy atom. The monoisotopic (exact) mass is 493 g/mol. The van der Waals surface area contributed by atoms with E-state index in [4.69, 9.17) is 9.47 Å². The van der Waals surface area contributed by atoms with Crippen molar-refractivity contribution in [1.82, 2.24) is 10.3 Å². The third-order valence-electron chi connectivity index (χ3n) is 5.26. The van der Waals surface area contributed by atoms with Crippen LogP contribution in [-0.4, -0.2) is 54.8 Å². The SMILES string of the molecule is COC(=O)c1cc(NC(=O)CSc2cc(C(=O)NC3CC3)c3ccccc3n2)cc(C(=O)OC)c1. The zero-order chi connectivity index (χ0) is 24.9. The van der Waals surface area contributed by atoms with Gasteiger partial charge in [-0.3, -0.25) is 9.59 Å². The van der Waals surface area contributed by atoms with Crippen LogP contribution in [0.1, 0.15) is 43.9 Å². The van der Waals surface area contributed by atoms with Crippen molar-refractivity contribution in [3.8, 4) is 0 Å². The molecule has 2 amide bonds. The molecule has 1 aliphatic carbocycles. The van der Waals surface area contributed by atoms with E-state index in [1.807, 2.05) is 24.3 Å². The lowest BCUT2D eigenvalue weighted by Gasteiger charge is -2.11. The molecule has 0 bridgehead atoms. The molecule has 2 aromatic carbocycles. The number of benzene rings is 2. The third-order valence-corrected chi connectivity index (χ3v) is 6.17. The number of amides is 2. The number of carbonyl (C=O) groups is 4. The minimum atomic E-state index is -0.655. The van der Waals surface area contributed by atoms with E-state index in [0.717, 1.165) is 18.2 Å². The number of pyridine rings is 1. The van der Waals surface area contributed by atoms with Crippen LogP contribution in [0.25, 0.3) is 10.9 Å². The third kappa shape index (κ3) is 5.96. The summed E-state index contributed by atoms with van der Waals surface area (Å²) in [6.07, 6.45) is 1.96. The van der Waals surface area contributed by atoms with Gasteiger partial charge in [-0.1, -0.05) is 30.0 Å². The highest BCUT2D eigenvalue weighted by molar-refractivity contribution is 7.99. The lowest BCUT2D eigenvalue weighted by atomic mass is 10.1. The van der Waals surface area contributed by atoms with Crippen molar-refractivity contribution in [3.63, 3.8) is 0 Å². The molecule has 10 heteroatoms. The fourth-order valence-corrected chi connectivity index (χ4v) is 4.13. The topological polar surface area (TPSA) is 124 Å². The number of esters is 2. The number of fused-ring (bicyclic) bond motifs is 1. The molecule has 0 aliphatic heterocycles. The molecule has 180 valence electrons. The predicted octanol–water partition coefficient (Wildman–Crippen LogP) is 3.43. The molecule has 1 heterocycles. The second kappa shape index (κ2) is 10.6. The van der Waals surface area contributed by atoms with Gasteiger partial charge in [-0.25, -0.2) is 14.6 Å². The Bertz CT molecular complexity index is 1290. The number of hydrogen-bond donors (Lipinski definition) is 2. The standard InChI is InChI=1S/C25H23N3O6S/c1-33-24(31)14-9-15(25(32)34-2)11-17(10-14)26-21(29)13-35-22-12-19(23(30)27-16-7-8-16)18-5-3-4-6-20(18)28-22/h3-6,9-12,16H,7-8,13H2,1-2H3,(H,26,29)(H,27,30). The van der Waals surface area contributed by atoms with Crippen molar-refractivity contribution >= 4 is 52.1 Å². The van der Waals surface area contributed by atoms with E-state index in [1.165, 1.54) is 44.2 Å². The maximum Gasteiger partial charge on any atom is 0.337 e. The normalized spacial score (nSPS) is 12.6. The molecule has 4 rings (SSSR count). The molecule has 35 heavy (non-hydrogen) atoms. The minimum Gasteiger partial charge on any atom is -0.465 e. The van der Waals surface area contributed by atoms with Gasteiger partial charge in [0, 0.05) is 17.1 Å². The van der Waals surface area contributed by atoms with Crippen molar-refractivity contribution < 1.29 is 28.7 Å². The molecule has 2 N–H and O–H groups in total.